The van der Waals surface area contributed by atoms with Gasteiger partial charge in [0, 0.05) is 37.0 Å². The monoisotopic (exact) mass is 498 g/mol. The van der Waals surface area contributed by atoms with E-state index in [1.54, 1.807) is 0 Å². The highest BCUT2D eigenvalue weighted by molar-refractivity contribution is 14.0. The zero-order chi connectivity index (χ0) is 19.3. The zero-order valence-electron chi connectivity index (χ0n) is 17.4. The predicted molar refractivity (Wildman–Crippen MR) is 126 cm³/mol. The molecule has 1 saturated carbocycles. The quantitative estimate of drug-likeness (QED) is 0.359. The Hall–Kier alpha value is -1.31. The van der Waals surface area contributed by atoms with Crippen LogP contribution in [0, 0.1) is 5.92 Å². The molecule has 1 heterocycles. The second kappa shape index (κ2) is 10.5. The molecule has 1 aromatic carbocycles. The topological polar surface area (TPSA) is 56.7 Å². The van der Waals surface area contributed by atoms with Gasteiger partial charge in [-0.2, -0.15) is 0 Å². The van der Waals surface area contributed by atoms with Gasteiger partial charge in [-0.3, -0.25) is 9.79 Å². The molecular weight excluding hydrogens is 463 g/mol. The van der Waals surface area contributed by atoms with Crippen molar-refractivity contribution < 1.29 is 4.79 Å². The summed E-state index contributed by atoms with van der Waals surface area (Å²) in [6, 6.07) is 11.1. The minimum atomic E-state index is 0. The first-order valence-corrected chi connectivity index (χ1v) is 10.4. The van der Waals surface area contributed by atoms with E-state index < -0.39 is 0 Å². The largest absolute Gasteiger partial charge is 0.357 e. The molecule has 1 aliphatic carbocycles. The van der Waals surface area contributed by atoms with E-state index in [0.29, 0.717) is 0 Å². The fraction of sp³-hybridized carbons (Fsp3) is 0.636. The van der Waals surface area contributed by atoms with Crippen LogP contribution in [0.2, 0.25) is 0 Å². The predicted octanol–water partition coefficient (Wildman–Crippen LogP) is 3.54. The van der Waals surface area contributed by atoms with Crippen LogP contribution in [0.4, 0.5) is 0 Å². The Morgan fingerprint density at radius 2 is 2.00 bits per heavy atom. The van der Waals surface area contributed by atoms with Gasteiger partial charge in [-0.1, -0.05) is 50.6 Å². The van der Waals surface area contributed by atoms with E-state index in [0.717, 1.165) is 38.6 Å². The van der Waals surface area contributed by atoms with Gasteiger partial charge in [-0.05, 0) is 31.7 Å². The summed E-state index contributed by atoms with van der Waals surface area (Å²) in [7, 11) is 0. The fourth-order valence-electron chi connectivity index (χ4n) is 4.12. The van der Waals surface area contributed by atoms with E-state index in [1.165, 1.54) is 24.8 Å². The van der Waals surface area contributed by atoms with Crippen LogP contribution in [0.3, 0.4) is 0 Å². The molecule has 2 fully saturated rings. The summed E-state index contributed by atoms with van der Waals surface area (Å²) in [6.07, 6.45) is 4.68. The third-order valence-corrected chi connectivity index (χ3v) is 5.92. The zero-order valence-corrected chi connectivity index (χ0v) is 19.7. The molecule has 2 N–H and O–H groups in total. The molecule has 1 aromatic rings. The highest BCUT2D eigenvalue weighted by atomic mass is 127. The van der Waals surface area contributed by atoms with Gasteiger partial charge in [-0.25, -0.2) is 0 Å². The summed E-state index contributed by atoms with van der Waals surface area (Å²) in [5, 5.41) is 6.94. The fourth-order valence-corrected chi connectivity index (χ4v) is 4.12. The van der Waals surface area contributed by atoms with Crippen molar-refractivity contribution in [3.05, 3.63) is 35.9 Å². The molecule has 2 aliphatic rings. The minimum Gasteiger partial charge on any atom is -0.357 e. The van der Waals surface area contributed by atoms with E-state index in [2.05, 4.69) is 47.9 Å². The molecule has 0 aromatic heterocycles. The van der Waals surface area contributed by atoms with Crippen LogP contribution in [0.5, 0.6) is 0 Å². The second-order valence-electron chi connectivity index (χ2n) is 8.26. The summed E-state index contributed by atoms with van der Waals surface area (Å²) in [4.78, 5) is 19.1. The van der Waals surface area contributed by atoms with Crippen LogP contribution in [0.15, 0.2) is 35.3 Å². The maximum absolute atomic E-state index is 12.2. The first-order chi connectivity index (χ1) is 13.0. The van der Waals surface area contributed by atoms with Crippen molar-refractivity contribution in [2.24, 2.45) is 10.9 Å². The first-order valence-electron chi connectivity index (χ1n) is 10.4. The number of amides is 1. The van der Waals surface area contributed by atoms with Crippen molar-refractivity contribution in [2.45, 2.75) is 57.9 Å². The average Bonchev–Trinajstić information content (AvgIpc) is 3.09. The van der Waals surface area contributed by atoms with Crippen molar-refractivity contribution >= 4 is 35.8 Å². The van der Waals surface area contributed by atoms with Crippen LogP contribution in [0.1, 0.15) is 52.0 Å². The van der Waals surface area contributed by atoms with Crippen molar-refractivity contribution in [3.8, 4) is 0 Å². The smallest absolute Gasteiger partial charge is 0.225 e. The van der Waals surface area contributed by atoms with Crippen LogP contribution < -0.4 is 10.6 Å². The third-order valence-electron chi connectivity index (χ3n) is 5.92. The Bertz CT molecular complexity index is 658. The number of likely N-dealkylation sites (tertiary alicyclic amines) is 1. The molecule has 5 nitrogen and oxygen atoms in total. The molecule has 0 radical (unpaired) electrons. The summed E-state index contributed by atoms with van der Waals surface area (Å²) < 4.78 is 0. The maximum Gasteiger partial charge on any atom is 0.225 e. The van der Waals surface area contributed by atoms with E-state index in [9.17, 15) is 4.79 Å². The number of aliphatic imine (C=N–C) groups is 1. The summed E-state index contributed by atoms with van der Waals surface area (Å²) in [6.45, 7) is 9.29. The number of benzene rings is 1. The number of guanidine groups is 1. The number of carbonyl (C=O) groups is 1. The maximum atomic E-state index is 12.2. The molecule has 1 unspecified atom stereocenters. The lowest BCUT2D eigenvalue weighted by Crippen LogP contribution is -2.46. The van der Waals surface area contributed by atoms with Gasteiger partial charge in [0.25, 0.3) is 0 Å². The second-order valence-corrected chi connectivity index (χ2v) is 8.26. The van der Waals surface area contributed by atoms with Gasteiger partial charge >= 0.3 is 0 Å². The SMILES string of the molecule is CCNC(=NCC1(c2ccccc2)CCC1)NC1CCN(C(=O)C(C)C)C1.I. The van der Waals surface area contributed by atoms with E-state index >= 15 is 0 Å². The van der Waals surface area contributed by atoms with Crippen LogP contribution in [0.25, 0.3) is 0 Å². The molecule has 0 bridgehead atoms. The number of halogens is 1. The van der Waals surface area contributed by atoms with Gasteiger partial charge < -0.3 is 15.5 Å². The van der Waals surface area contributed by atoms with E-state index in [1.807, 2.05) is 18.7 Å². The van der Waals surface area contributed by atoms with E-state index in [-0.39, 0.29) is 47.3 Å². The highest BCUT2D eigenvalue weighted by Crippen LogP contribution is 2.43. The lowest BCUT2D eigenvalue weighted by molar-refractivity contribution is -0.133. The molecule has 156 valence electrons. The minimum absolute atomic E-state index is 0. The first kappa shape index (κ1) is 23.0. The molecule has 6 heteroatoms. The highest BCUT2D eigenvalue weighted by Gasteiger charge is 2.38. The summed E-state index contributed by atoms with van der Waals surface area (Å²) >= 11 is 0. The van der Waals surface area contributed by atoms with E-state index in [4.69, 9.17) is 4.99 Å². The molecule has 1 aliphatic heterocycles. The number of nitrogens with one attached hydrogen (secondary N) is 2. The van der Waals surface area contributed by atoms with Crippen LogP contribution >= 0.6 is 24.0 Å². The Balaban J connectivity index is 0.00000280. The number of hydrogen-bond donors (Lipinski definition) is 2. The number of carbonyl (C=O) groups excluding carboxylic acids is 1. The standard InChI is InChI=1S/C22H34N4O.HI/c1-4-23-21(25-19-11-14-26(15-19)20(27)17(2)3)24-16-22(12-8-13-22)18-9-6-5-7-10-18;/h5-7,9-10,17,19H,4,8,11-16H2,1-3H3,(H2,23,24,25);1H. The molecule has 0 spiro atoms. The molecule has 28 heavy (non-hydrogen) atoms. The van der Waals surface area contributed by atoms with Crippen molar-refractivity contribution in [3.63, 3.8) is 0 Å². The van der Waals surface area contributed by atoms with Gasteiger partial charge in [0.2, 0.25) is 5.91 Å². The molecular formula is C22H35IN4O. The Labute approximate surface area is 186 Å². The van der Waals surface area contributed by atoms with Gasteiger partial charge in [0.15, 0.2) is 5.96 Å². The summed E-state index contributed by atoms with van der Waals surface area (Å²) in [5.41, 5.74) is 1.60. The molecule has 1 atom stereocenters. The van der Waals surface area contributed by atoms with Gasteiger partial charge in [0.05, 0.1) is 6.54 Å². The number of nitrogens with zero attached hydrogens (tertiary/aromatic N) is 2. The molecule has 3 rings (SSSR count). The third kappa shape index (κ3) is 5.39. The van der Waals surface area contributed by atoms with Gasteiger partial charge in [0.1, 0.15) is 0 Å². The number of hydrogen-bond acceptors (Lipinski definition) is 2. The number of rotatable bonds is 6. The van der Waals surface area contributed by atoms with Crippen molar-refractivity contribution in [1.29, 1.82) is 0 Å². The normalized spacial score (nSPS) is 21.1. The Morgan fingerprint density at radius 1 is 1.29 bits per heavy atom. The lowest BCUT2D eigenvalue weighted by Gasteiger charge is -2.41. The molecule has 1 saturated heterocycles. The van der Waals surface area contributed by atoms with Gasteiger partial charge in [-0.15, -0.1) is 24.0 Å². The Morgan fingerprint density at radius 3 is 2.57 bits per heavy atom. The van der Waals surface area contributed by atoms with Crippen molar-refractivity contribution in [1.82, 2.24) is 15.5 Å². The Kier molecular flexibility index (Phi) is 8.58. The lowest BCUT2D eigenvalue weighted by atomic mass is 9.64. The van der Waals surface area contributed by atoms with Crippen LogP contribution in [-0.2, 0) is 10.2 Å². The van der Waals surface area contributed by atoms with Crippen LogP contribution in [-0.4, -0.2) is 49.0 Å². The average molecular weight is 498 g/mol. The summed E-state index contributed by atoms with van der Waals surface area (Å²) in [5.74, 6) is 1.19. The van der Waals surface area contributed by atoms with Crippen molar-refractivity contribution in [2.75, 3.05) is 26.2 Å². The molecule has 1 amide bonds.